The Morgan fingerprint density at radius 2 is 1.87 bits per heavy atom. The Morgan fingerprint density at radius 1 is 1.09 bits per heavy atom. The van der Waals surface area contributed by atoms with Gasteiger partial charge in [-0.2, -0.15) is 0 Å². The monoisotopic (exact) mass is 308 g/mol. The highest BCUT2D eigenvalue weighted by molar-refractivity contribution is 5.98. The Bertz CT molecular complexity index is 567. The second kappa shape index (κ2) is 9.96. The van der Waals surface area contributed by atoms with Crippen molar-refractivity contribution in [2.75, 3.05) is 13.1 Å². The highest BCUT2D eigenvalue weighted by Crippen LogP contribution is 2.20. The topological polar surface area (TPSA) is 35.9 Å². The lowest BCUT2D eigenvalue weighted by Gasteiger charge is -2.15. The predicted octanol–water partition coefficient (Wildman–Crippen LogP) is 5.00. The molecule has 1 aromatic rings. The van der Waals surface area contributed by atoms with Crippen molar-refractivity contribution in [2.45, 2.75) is 32.6 Å². The molecule has 1 unspecified atom stereocenters. The number of hydrogen-bond acceptors (Lipinski definition) is 2. The molecule has 0 bridgehead atoms. The van der Waals surface area contributed by atoms with Crippen LogP contribution in [0.4, 0.5) is 0 Å². The summed E-state index contributed by atoms with van der Waals surface area (Å²) >= 11 is 0. The van der Waals surface area contributed by atoms with Crippen LogP contribution >= 0.6 is 0 Å². The van der Waals surface area contributed by atoms with Gasteiger partial charge < -0.3 is 10.7 Å². The van der Waals surface area contributed by atoms with E-state index < -0.39 is 0 Å². The van der Waals surface area contributed by atoms with E-state index in [9.17, 15) is 0 Å². The summed E-state index contributed by atoms with van der Waals surface area (Å²) in [6.45, 7) is 4.42. The largest absolute Gasteiger partial charge is 0.317 e. The molecule has 0 radical (unpaired) electrons. The third-order valence-corrected chi connectivity index (χ3v) is 4.05. The maximum atomic E-state index is 8.10. The zero-order valence-electron chi connectivity index (χ0n) is 14.1. The maximum Gasteiger partial charge on any atom is 0.0420 e. The minimum absolute atomic E-state index is 0.100. The van der Waals surface area contributed by atoms with Crippen LogP contribution < -0.4 is 5.32 Å². The van der Waals surface area contributed by atoms with Gasteiger partial charge in [-0.15, -0.1) is 0 Å². The molecule has 0 heterocycles. The smallest absolute Gasteiger partial charge is 0.0420 e. The minimum atomic E-state index is 0.100. The van der Waals surface area contributed by atoms with Crippen molar-refractivity contribution >= 4 is 11.8 Å². The Labute approximate surface area is 140 Å². The molecule has 1 aliphatic rings. The van der Waals surface area contributed by atoms with Crippen molar-refractivity contribution in [3.8, 4) is 0 Å². The predicted molar refractivity (Wildman–Crippen MR) is 101 cm³/mol. The van der Waals surface area contributed by atoms with E-state index in [1.807, 2.05) is 24.3 Å². The first-order valence-corrected chi connectivity index (χ1v) is 8.71. The second-order valence-corrected chi connectivity index (χ2v) is 6.03. The Morgan fingerprint density at radius 3 is 2.65 bits per heavy atom. The number of nitrogens with one attached hydrogen (secondary N) is 2. The highest BCUT2D eigenvalue weighted by atomic mass is 14.8. The minimum Gasteiger partial charge on any atom is -0.317 e. The third-order valence-electron chi connectivity index (χ3n) is 4.05. The zero-order chi connectivity index (χ0) is 16.3. The lowest BCUT2D eigenvalue weighted by Crippen LogP contribution is -2.17. The molecule has 23 heavy (non-hydrogen) atoms. The summed E-state index contributed by atoms with van der Waals surface area (Å²) < 4.78 is 0. The summed E-state index contributed by atoms with van der Waals surface area (Å²) in [5, 5.41) is 11.6. The van der Waals surface area contributed by atoms with Gasteiger partial charge in [-0.25, -0.2) is 0 Å². The van der Waals surface area contributed by atoms with Gasteiger partial charge in [0.2, 0.25) is 0 Å². The fourth-order valence-corrected chi connectivity index (χ4v) is 2.63. The number of rotatable bonds is 9. The molecule has 2 nitrogen and oxygen atoms in total. The van der Waals surface area contributed by atoms with Gasteiger partial charge in [0.1, 0.15) is 0 Å². The van der Waals surface area contributed by atoms with E-state index in [1.54, 1.807) is 0 Å². The van der Waals surface area contributed by atoms with Crippen LogP contribution in [0.1, 0.15) is 38.2 Å². The molecule has 0 saturated carbocycles. The van der Waals surface area contributed by atoms with Gasteiger partial charge in [-0.05, 0) is 44.0 Å². The molecule has 0 aromatic heterocycles. The van der Waals surface area contributed by atoms with Gasteiger partial charge in [0.15, 0.2) is 0 Å². The first-order chi connectivity index (χ1) is 11.3. The van der Waals surface area contributed by atoms with E-state index in [2.05, 4.69) is 48.7 Å². The first kappa shape index (κ1) is 17.4. The van der Waals surface area contributed by atoms with E-state index in [0.29, 0.717) is 5.71 Å². The van der Waals surface area contributed by atoms with Crippen LogP contribution in [0.15, 0.2) is 60.2 Å². The van der Waals surface area contributed by atoms with Crippen molar-refractivity contribution < 1.29 is 0 Å². The Hall–Kier alpha value is -1.93. The van der Waals surface area contributed by atoms with Crippen LogP contribution in [0.3, 0.4) is 0 Å². The highest BCUT2D eigenvalue weighted by Gasteiger charge is 2.11. The molecule has 2 rings (SSSR count). The van der Waals surface area contributed by atoms with Gasteiger partial charge in [0.25, 0.3) is 0 Å². The lowest BCUT2D eigenvalue weighted by atomic mass is 9.91. The van der Waals surface area contributed by atoms with E-state index in [0.717, 1.165) is 25.9 Å². The van der Waals surface area contributed by atoms with Crippen LogP contribution in [0.2, 0.25) is 0 Å². The Kier molecular flexibility index (Phi) is 7.55. The van der Waals surface area contributed by atoms with Crippen LogP contribution in [0.5, 0.6) is 0 Å². The molecule has 0 spiro atoms. The Balaban J connectivity index is 1.83. The first-order valence-electron chi connectivity index (χ1n) is 8.71. The van der Waals surface area contributed by atoms with Gasteiger partial charge in [0, 0.05) is 11.6 Å². The molecule has 1 aliphatic carbocycles. The van der Waals surface area contributed by atoms with E-state index in [1.165, 1.54) is 24.0 Å². The van der Waals surface area contributed by atoms with Crippen molar-refractivity contribution in [3.63, 3.8) is 0 Å². The quantitative estimate of drug-likeness (QED) is 0.619. The van der Waals surface area contributed by atoms with Crippen LogP contribution in [-0.4, -0.2) is 18.8 Å². The van der Waals surface area contributed by atoms with Crippen LogP contribution in [0, 0.1) is 11.3 Å². The number of unbranched alkanes of at least 4 members (excludes halogenated alkanes) is 1. The lowest BCUT2D eigenvalue weighted by molar-refractivity contribution is 0.617. The van der Waals surface area contributed by atoms with E-state index in [-0.39, 0.29) is 5.92 Å². The molecular formula is C21H28N2. The number of allylic oxidation sites excluding steroid dienone is 5. The SMILES string of the molecule is CCCCNCCCC1=CC(C=Cc2ccccc2)C(=N)C=C1. The van der Waals surface area contributed by atoms with Gasteiger partial charge in [-0.1, -0.05) is 73.6 Å². The molecule has 1 atom stereocenters. The van der Waals surface area contributed by atoms with Crippen molar-refractivity contribution in [2.24, 2.45) is 5.92 Å². The standard InChI is InChI=1S/C21H28N2/c1-2-3-15-23-16-7-10-19-12-14-21(22)20(17-19)13-11-18-8-5-4-6-9-18/h4-6,8-9,11-14,17,20,22-23H,2-3,7,10,15-16H2,1H3. The van der Waals surface area contributed by atoms with Crippen molar-refractivity contribution in [1.82, 2.24) is 5.32 Å². The average Bonchev–Trinajstić information content (AvgIpc) is 2.59. The average molecular weight is 308 g/mol. The molecule has 122 valence electrons. The molecular weight excluding hydrogens is 280 g/mol. The van der Waals surface area contributed by atoms with Gasteiger partial charge in [-0.3, -0.25) is 0 Å². The molecule has 0 saturated heterocycles. The maximum absolute atomic E-state index is 8.10. The zero-order valence-corrected chi connectivity index (χ0v) is 14.1. The molecule has 2 N–H and O–H groups in total. The summed E-state index contributed by atoms with van der Waals surface area (Å²) in [4.78, 5) is 0. The van der Waals surface area contributed by atoms with Crippen LogP contribution in [0.25, 0.3) is 6.08 Å². The molecule has 1 aromatic carbocycles. The van der Waals surface area contributed by atoms with Crippen LogP contribution in [-0.2, 0) is 0 Å². The fraction of sp³-hybridized carbons (Fsp3) is 0.381. The molecule has 0 aliphatic heterocycles. The van der Waals surface area contributed by atoms with Crippen molar-refractivity contribution in [1.29, 1.82) is 5.41 Å². The molecule has 2 heteroatoms. The summed E-state index contributed by atoms with van der Waals surface area (Å²) in [5.74, 6) is 0.100. The summed E-state index contributed by atoms with van der Waals surface area (Å²) in [6.07, 6.45) is 15.2. The van der Waals surface area contributed by atoms with Crippen molar-refractivity contribution in [3.05, 3.63) is 65.8 Å². The number of hydrogen-bond donors (Lipinski definition) is 2. The number of benzene rings is 1. The third kappa shape index (κ3) is 6.37. The summed E-state index contributed by atoms with van der Waals surface area (Å²) in [7, 11) is 0. The van der Waals surface area contributed by atoms with Gasteiger partial charge in [0.05, 0.1) is 0 Å². The normalized spacial score (nSPS) is 17.7. The second-order valence-electron chi connectivity index (χ2n) is 6.03. The molecule has 0 amide bonds. The summed E-state index contributed by atoms with van der Waals surface area (Å²) in [5.41, 5.74) is 3.20. The molecule has 0 fully saturated rings. The summed E-state index contributed by atoms with van der Waals surface area (Å²) in [6, 6.07) is 10.3. The fourth-order valence-electron chi connectivity index (χ4n) is 2.63. The van der Waals surface area contributed by atoms with Gasteiger partial charge >= 0.3 is 0 Å². The van der Waals surface area contributed by atoms with E-state index in [4.69, 9.17) is 5.41 Å². The van der Waals surface area contributed by atoms with E-state index >= 15 is 0 Å².